The number of halogens is 2. The quantitative estimate of drug-likeness (QED) is 0.914. The van der Waals surface area contributed by atoms with E-state index in [2.05, 4.69) is 10.2 Å². The molecular weight excluding hydrogens is 259 g/mol. The van der Waals surface area contributed by atoms with E-state index in [1.807, 2.05) is 12.1 Å². The molecule has 1 aliphatic heterocycles. The lowest BCUT2D eigenvalue weighted by Gasteiger charge is -2.26. The van der Waals surface area contributed by atoms with Crippen LogP contribution >= 0.6 is 23.2 Å². The van der Waals surface area contributed by atoms with Crippen LogP contribution in [0, 0.1) is 0 Å². The van der Waals surface area contributed by atoms with E-state index >= 15 is 0 Å². The molecule has 1 aromatic rings. The number of rotatable bonds is 4. The van der Waals surface area contributed by atoms with Gasteiger partial charge in [0.25, 0.3) is 0 Å². The first-order chi connectivity index (χ1) is 8.27. The summed E-state index contributed by atoms with van der Waals surface area (Å²) in [6.45, 7) is 5.53. The fourth-order valence-corrected chi connectivity index (χ4v) is 2.18. The summed E-state index contributed by atoms with van der Waals surface area (Å²) in [6.07, 6.45) is 0. The first-order valence-electron chi connectivity index (χ1n) is 5.75. The van der Waals surface area contributed by atoms with Gasteiger partial charge in [-0.25, -0.2) is 0 Å². The smallest absolute Gasteiger partial charge is 0.0823 e. The Bertz CT molecular complexity index is 368. The van der Waals surface area contributed by atoms with E-state index in [-0.39, 0.29) is 0 Å². The van der Waals surface area contributed by atoms with Crippen molar-refractivity contribution in [2.45, 2.75) is 0 Å². The molecular formula is C12H16Cl2N2O. The van der Waals surface area contributed by atoms with Gasteiger partial charge in [0.05, 0.1) is 28.9 Å². The Morgan fingerprint density at radius 1 is 1.24 bits per heavy atom. The third-order valence-corrected chi connectivity index (χ3v) is 3.62. The standard InChI is InChI=1S/C12H16Cl2N2O/c13-10-2-1-3-11(12(10)14)15-4-5-16-6-8-17-9-7-16/h1-3,15H,4-9H2. The molecule has 1 saturated heterocycles. The minimum atomic E-state index is 0.586. The van der Waals surface area contributed by atoms with Gasteiger partial charge in [-0.15, -0.1) is 0 Å². The highest BCUT2D eigenvalue weighted by atomic mass is 35.5. The number of hydrogen-bond acceptors (Lipinski definition) is 3. The number of nitrogens with one attached hydrogen (secondary N) is 1. The van der Waals surface area contributed by atoms with Crippen LogP contribution in [0.1, 0.15) is 0 Å². The van der Waals surface area contributed by atoms with E-state index < -0.39 is 0 Å². The van der Waals surface area contributed by atoms with Gasteiger partial charge in [0.15, 0.2) is 0 Å². The monoisotopic (exact) mass is 274 g/mol. The van der Waals surface area contributed by atoms with Crippen LogP contribution in [0.15, 0.2) is 18.2 Å². The second kappa shape index (κ2) is 6.45. The minimum Gasteiger partial charge on any atom is -0.383 e. The highest BCUT2D eigenvalue weighted by molar-refractivity contribution is 6.43. The minimum absolute atomic E-state index is 0.586. The van der Waals surface area contributed by atoms with E-state index in [9.17, 15) is 0 Å². The highest BCUT2D eigenvalue weighted by Gasteiger charge is 2.09. The molecule has 0 bridgehead atoms. The number of benzene rings is 1. The third-order valence-electron chi connectivity index (χ3n) is 2.80. The van der Waals surface area contributed by atoms with Crippen molar-refractivity contribution in [3.8, 4) is 0 Å². The summed E-state index contributed by atoms with van der Waals surface area (Å²) in [5, 5.41) is 4.48. The van der Waals surface area contributed by atoms with Gasteiger partial charge in [-0.3, -0.25) is 4.90 Å². The molecule has 17 heavy (non-hydrogen) atoms. The Morgan fingerprint density at radius 3 is 2.76 bits per heavy atom. The van der Waals surface area contributed by atoms with Crippen molar-refractivity contribution < 1.29 is 4.74 Å². The zero-order valence-corrected chi connectivity index (χ0v) is 11.1. The van der Waals surface area contributed by atoms with Crippen LogP contribution in [0.25, 0.3) is 0 Å². The molecule has 5 heteroatoms. The fraction of sp³-hybridized carbons (Fsp3) is 0.500. The van der Waals surface area contributed by atoms with Gasteiger partial charge in [0, 0.05) is 26.2 Å². The normalized spacial score (nSPS) is 17.1. The van der Waals surface area contributed by atoms with Crippen molar-refractivity contribution in [3.63, 3.8) is 0 Å². The molecule has 0 saturated carbocycles. The van der Waals surface area contributed by atoms with Gasteiger partial charge in [-0.2, -0.15) is 0 Å². The lowest BCUT2D eigenvalue weighted by Crippen LogP contribution is -2.39. The summed E-state index contributed by atoms with van der Waals surface area (Å²) >= 11 is 12.0. The van der Waals surface area contributed by atoms with Crippen LogP contribution in [0.2, 0.25) is 10.0 Å². The largest absolute Gasteiger partial charge is 0.383 e. The Morgan fingerprint density at radius 2 is 2.00 bits per heavy atom. The van der Waals surface area contributed by atoms with E-state index in [0.717, 1.165) is 45.1 Å². The molecule has 0 radical (unpaired) electrons. The van der Waals surface area contributed by atoms with Crippen molar-refractivity contribution in [3.05, 3.63) is 28.2 Å². The molecule has 2 rings (SSSR count). The summed E-state index contributed by atoms with van der Waals surface area (Å²) in [5.41, 5.74) is 0.896. The van der Waals surface area contributed by atoms with Crippen LogP contribution in [0.4, 0.5) is 5.69 Å². The molecule has 1 aromatic carbocycles. The van der Waals surface area contributed by atoms with Crippen LogP contribution in [-0.4, -0.2) is 44.3 Å². The summed E-state index contributed by atoms with van der Waals surface area (Å²) in [6, 6.07) is 5.62. The molecule has 1 N–H and O–H groups in total. The number of anilines is 1. The molecule has 0 aromatic heterocycles. The Hall–Kier alpha value is -0.480. The molecule has 0 amide bonds. The molecule has 94 valence electrons. The molecule has 0 spiro atoms. The van der Waals surface area contributed by atoms with Crippen molar-refractivity contribution in [2.24, 2.45) is 0 Å². The average molecular weight is 275 g/mol. The topological polar surface area (TPSA) is 24.5 Å². The fourth-order valence-electron chi connectivity index (χ4n) is 1.81. The van der Waals surface area contributed by atoms with Crippen LogP contribution in [0.3, 0.4) is 0 Å². The third kappa shape index (κ3) is 3.75. The molecule has 0 aliphatic carbocycles. The van der Waals surface area contributed by atoms with Crippen molar-refractivity contribution >= 4 is 28.9 Å². The summed E-state index contributed by atoms with van der Waals surface area (Å²) in [5.74, 6) is 0. The van der Waals surface area contributed by atoms with E-state index in [1.165, 1.54) is 0 Å². The summed E-state index contributed by atoms with van der Waals surface area (Å²) < 4.78 is 5.30. The first-order valence-corrected chi connectivity index (χ1v) is 6.51. The summed E-state index contributed by atoms with van der Waals surface area (Å²) in [7, 11) is 0. The van der Waals surface area contributed by atoms with E-state index in [1.54, 1.807) is 6.07 Å². The molecule has 0 atom stereocenters. The van der Waals surface area contributed by atoms with Gasteiger partial charge in [0.2, 0.25) is 0 Å². The highest BCUT2D eigenvalue weighted by Crippen LogP contribution is 2.29. The van der Waals surface area contributed by atoms with E-state index in [0.29, 0.717) is 10.0 Å². The average Bonchev–Trinajstić information content (AvgIpc) is 2.36. The SMILES string of the molecule is Clc1cccc(NCCN2CCOCC2)c1Cl. The maximum absolute atomic E-state index is 6.09. The van der Waals surface area contributed by atoms with Crippen LogP contribution in [-0.2, 0) is 4.74 Å². The predicted molar refractivity (Wildman–Crippen MR) is 72.2 cm³/mol. The van der Waals surface area contributed by atoms with Crippen molar-refractivity contribution in [1.82, 2.24) is 4.90 Å². The zero-order chi connectivity index (χ0) is 12.1. The maximum Gasteiger partial charge on any atom is 0.0823 e. The summed E-state index contributed by atoms with van der Waals surface area (Å²) in [4.78, 5) is 2.37. The Labute approximate surface area is 112 Å². The number of ether oxygens (including phenoxy) is 1. The maximum atomic E-state index is 6.09. The van der Waals surface area contributed by atoms with Crippen LogP contribution < -0.4 is 5.32 Å². The molecule has 0 unspecified atom stereocenters. The predicted octanol–water partition coefficient (Wildman–Crippen LogP) is 2.74. The molecule has 1 aliphatic rings. The van der Waals surface area contributed by atoms with Gasteiger partial charge >= 0.3 is 0 Å². The first kappa shape index (κ1) is 13.0. The van der Waals surface area contributed by atoms with Gasteiger partial charge in [-0.05, 0) is 12.1 Å². The lowest BCUT2D eigenvalue weighted by atomic mass is 10.3. The molecule has 1 fully saturated rings. The molecule has 1 heterocycles. The second-order valence-corrected chi connectivity index (χ2v) is 4.77. The van der Waals surface area contributed by atoms with Gasteiger partial charge in [-0.1, -0.05) is 29.3 Å². The number of nitrogens with zero attached hydrogens (tertiary/aromatic N) is 1. The van der Waals surface area contributed by atoms with E-state index in [4.69, 9.17) is 27.9 Å². The van der Waals surface area contributed by atoms with Gasteiger partial charge < -0.3 is 10.1 Å². The Balaban J connectivity index is 1.79. The van der Waals surface area contributed by atoms with Crippen molar-refractivity contribution in [2.75, 3.05) is 44.7 Å². The number of morpholine rings is 1. The van der Waals surface area contributed by atoms with Gasteiger partial charge in [0.1, 0.15) is 0 Å². The number of hydrogen-bond donors (Lipinski definition) is 1. The van der Waals surface area contributed by atoms with Crippen molar-refractivity contribution in [1.29, 1.82) is 0 Å². The second-order valence-electron chi connectivity index (χ2n) is 3.98. The van der Waals surface area contributed by atoms with Crippen LogP contribution in [0.5, 0.6) is 0 Å². The Kier molecular flexibility index (Phi) is 4.92. The molecule has 3 nitrogen and oxygen atoms in total. The lowest BCUT2D eigenvalue weighted by molar-refractivity contribution is 0.0398. The zero-order valence-electron chi connectivity index (χ0n) is 9.59.